The minimum absolute atomic E-state index is 0.185. The van der Waals surface area contributed by atoms with Crippen LogP contribution in [0.2, 0.25) is 0 Å². The van der Waals surface area contributed by atoms with E-state index in [9.17, 15) is 9.18 Å². The number of hydrogen-bond acceptors (Lipinski definition) is 5. The molecule has 2 aliphatic rings. The van der Waals surface area contributed by atoms with Gasteiger partial charge in [0, 0.05) is 38.5 Å². The highest BCUT2D eigenvalue weighted by atomic mass is 19.1. The van der Waals surface area contributed by atoms with Crippen LogP contribution < -0.4 is 4.90 Å². The van der Waals surface area contributed by atoms with E-state index < -0.39 is 0 Å². The van der Waals surface area contributed by atoms with Gasteiger partial charge in [0.15, 0.2) is 5.65 Å². The van der Waals surface area contributed by atoms with Gasteiger partial charge in [-0.1, -0.05) is 49.6 Å². The van der Waals surface area contributed by atoms with Gasteiger partial charge in [-0.3, -0.25) is 4.79 Å². The summed E-state index contributed by atoms with van der Waals surface area (Å²) in [7, 11) is 0. The van der Waals surface area contributed by atoms with Crippen LogP contribution in [0.4, 0.5) is 10.2 Å². The highest BCUT2D eigenvalue weighted by Gasteiger charge is 2.29. The molecule has 4 aromatic rings. The number of fused-ring (bicyclic) bond motifs is 1. The molecule has 6 rings (SSSR count). The van der Waals surface area contributed by atoms with Crippen molar-refractivity contribution in [2.45, 2.75) is 51.9 Å². The molecule has 1 amide bonds. The molecule has 1 aliphatic heterocycles. The lowest BCUT2D eigenvalue weighted by molar-refractivity contribution is -0.136. The van der Waals surface area contributed by atoms with Gasteiger partial charge in [0.2, 0.25) is 5.91 Å². The summed E-state index contributed by atoms with van der Waals surface area (Å²) in [6.45, 7) is 4.98. The quantitative estimate of drug-likeness (QED) is 0.345. The Morgan fingerprint density at radius 1 is 0.897 bits per heavy atom. The number of aromatic nitrogens is 4. The topological polar surface area (TPSA) is 67.2 Å². The molecular weight excluding hydrogens is 491 g/mol. The predicted molar refractivity (Wildman–Crippen MR) is 151 cm³/mol. The maximum atomic E-state index is 13.7. The maximum Gasteiger partial charge on any atom is 0.225 e. The van der Waals surface area contributed by atoms with Gasteiger partial charge in [-0.25, -0.2) is 19.0 Å². The standard InChI is InChI=1S/C31H35FN6O/c1-22-28-29(36-17-8-18-37(20-19-36)31(39)24-11-6-3-7-12-24)33-27(21-23-9-4-2-5-10-23)34-30(28)38(35-22)26-15-13-25(32)14-16-26/h2,4-5,9-10,13-16,24H,3,6-8,11-12,17-21H2,1H3. The fourth-order valence-corrected chi connectivity index (χ4v) is 6.01. The van der Waals surface area contributed by atoms with Crippen molar-refractivity contribution >= 4 is 22.8 Å². The van der Waals surface area contributed by atoms with E-state index in [1.807, 2.05) is 25.1 Å². The third-order valence-electron chi connectivity index (χ3n) is 8.07. The minimum Gasteiger partial charge on any atom is -0.354 e. The number of carbonyl (C=O) groups is 1. The van der Waals surface area contributed by atoms with Crippen molar-refractivity contribution in [3.63, 3.8) is 0 Å². The molecule has 0 spiro atoms. The first-order valence-corrected chi connectivity index (χ1v) is 14.2. The monoisotopic (exact) mass is 526 g/mol. The fourth-order valence-electron chi connectivity index (χ4n) is 6.01. The van der Waals surface area contributed by atoms with Gasteiger partial charge in [-0.05, 0) is 56.0 Å². The van der Waals surface area contributed by atoms with Gasteiger partial charge >= 0.3 is 0 Å². The van der Waals surface area contributed by atoms with Crippen molar-refractivity contribution in [2.24, 2.45) is 5.92 Å². The van der Waals surface area contributed by atoms with Crippen LogP contribution in [-0.2, 0) is 11.2 Å². The van der Waals surface area contributed by atoms with Gasteiger partial charge in [0.25, 0.3) is 0 Å². The Morgan fingerprint density at radius 2 is 1.67 bits per heavy atom. The van der Waals surface area contributed by atoms with Crippen LogP contribution >= 0.6 is 0 Å². The van der Waals surface area contributed by atoms with Gasteiger partial charge in [0.1, 0.15) is 17.5 Å². The Kier molecular flexibility index (Phi) is 7.26. The molecule has 0 N–H and O–H groups in total. The number of carbonyl (C=O) groups excluding carboxylic acids is 1. The number of nitrogens with zero attached hydrogens (tertiary/aromatic N) is 6. The molecule has 0 radical (unpaired) electrons. The van der Waals surface area contributed by atoms with E-state index in [-0.39, 0.29) is 11.7 Å². The lowest BCUT2D eigenvalue weighted by Gasteiger charge is -2.28. The number of amides is 1. The second-order valence-electron chi connectivity index (χ2n) is 10.8. The van der Waals surface area contributed by atoms with Crippen molar-refractivity contribution < 1.29 is 9.18 Å². The van der Waals surface area contributed by atoms with Crippen molar-refractivity contribution in [3.8, 4) is 5.69 Å². The largest absolute Gasteiger partial charge is 0.354 e. The highest BCUT2D eigenvalue weighted by Crippen LogP contribution is 2.31. The summed E-state index contributed by atoms with van der Waals surface area (Å²) in [5.41, 5.74) is 3.43. The zero-order chi connectivity index (χ0) is 26.8. The van der Waals surface area contributed by atoms with Crippen LogP contribution in [0.3, 0.4) is 0 Å². The maximum absolute atomic E-state index is 13.7. The molecule has 1 saturated carbocycles. The van der Waals surface area contributed by atoms with E-state index >= 15 is 0 Å². The van der Waals surface area contributed by atoms with Gasteiger partial charge < -0.3 is 9.80 Å². The van der Waals surface area contributed by atoms with Crippen LogP contribution in [0.1, 0.15) is 55.6 Å². The zero-order valence-corrected chi connectivity index (χ0v) is 22.5. The van der Waals surface area contributed by atoms with Crippen molar-refractivity contribution in [1.29, 1.82) is 0 Å². The third kappa shape index (κ3) is 5.37. The van der Waals surface area contributed by atoms with Gasteiger partial charge in [-0.2, -0.15) is 5.10 Å². The van der Waals surface area contributed by atoms with E-state index in [0.717, 1.165) is 85.5 Å². The number of halogens is 1. The summed E-state index contributed by atoms with van der Waals surface area (Å²) in [5.74, 6) is 1.80. The molecule has 2 aromatic carbocycles. The highest BCUT2D eigenvalue weighted by molar-refractivity contribution is 5.91. The molecule has 1 aliphatic carbocycles. The van der Waals surface area contributed by atoms with E-state index in [2.05, 4.69) is 21.9 Å². The fraction of sp³-hybridized carbons (Fsp3) is 0.419. The Balaban J connectivity index is 1.36. The Hall–Kier alpha value is -3.81. The second-order valence-corrected chi connectivity index (χ2v) is 10.8. The Labute approximate surface area is 228 Å². The minimum atomic E-state index is -0.288. The summed E-state index contributed by atoms with van der Waals surface area (Å²) in [5, 5.41) is 5.73. The lowest BCUT2D eigenvalue weighted by Crippen LogP contribution is -2.39. The number of anilines is 1. The predicted octanol–water partition coefficient (Wildman–Crippen LogP) is 5.47. The van der Waals surface area contributed by atoms with Crippen molar-refractivity contribution in [3.05, 3.63) is 77.5 Å². The summed E-state index contributed by atoms with van der Waals surface area (Å²) in [6, 6.07) is 16.5. The molecule has 202 valence electrons. The van der Waals surface area contributed by atoms with Crippen LogP contribution in [0, 0.1) is 18.7 Å². The zero-order valence-electron chi connectivity index (χ0n) is 22.5. The third-order valence-corrected chi connectivity index (χ3v) is 8.07. The number of aryl methyl sites for hydroxylation is 1. The summed E-state index contributed by atoms with van der Waals surface area (Å²) in [6.07, 6.45) is 7.11. The molecule has 7 nitrogen and oxygen atoms in total. The van der Waals surface area contributed by atoms with Crippen LogP contribution in [-0.4, -0.2) is 56.7 Å². The number of rotatable bonds is 5. The first-order valence-electron chi connectivity index (χ1n) is 14.2. The van der Waals surface area contributed by atoms with Crippen LogP contribution in [0.15, 0.2) is 54.6 Å². The van der Waals surface area contributed by atoms with Crippen LogP contribution in [0.25, 0.3) is 16.7 Å². The van der Waals surface area contributed by atoms with E-state index in [1.54, 1.807) is 16.8 Å². The molecule has 0 bridgehead atoms. The van der Waals surface area contributed by atoms with E-state index in [0.29, 0.717) is 24.7 Å². The summed E-state index contributed by atoms with van der Waals surface area (Å²) >= 11 is 0. The molecule has 39 heavy (non-hydrogen) atoms. The molecule has 0 unspecified atom stereocenters. The number of hydrogen-bond donors (Lipinski definition) is 0. The second kappa shape index (κ2) is 11.1. The van der Waals surface area contributed by atoms with Crippen molar-refractivity contribution in [2.75, 3.05) is 31.1 Å². The SMILES string of the molecule is Cc1nn(-c2ccc(F)cc2)c2nc(Cc3ccccc3)nc(N3CCCN(C(=O)C4CCCCC4)CC3)c12. The average Bonchev–Trinajstić information content (AvgIpc) is 3.13. The smallest absolute Gasteiger partial charge is 0.225 e. The number of benzene rings is 2. The molecule has 8 heteroatoms. The molecule has 3 heterocycles. The van der Waals surface area contributed by atoms with Gasteiger partial charge in [-0.15, -0.1) is 0 Å². The van der Waals surface area contributed by atoms with E-state index in [1.165, 1.54) is 18.6 Å². The molecule has 2 aromatic heterocycles. The molecule has 2 fully saturated rings. The molecule has 0 atom stereocenters. The lowest BCUT2D eigenvalue weighted by atomic mass is 9.88. The molecular formula is C31H35FN6O. The summed E-state index contributed by atoms with van der Waals surface area (Å²) in [4.78, 5) is 27.8. The van der Waals surface area contributed by atoms with E-state index in [4.69, 9.17) is 15.1 Å². The Bertz CT molecular complexity index is 1450. The normalized spacial score (nSPS) is 17.0. The average molecular weight is 527 g/mol. The Morgan fingerprint density at radius 3 is 2.44 bits per heavy atom. The molecule has 1 saturated heterocycles. The van der Waals surface area contributed by atoms with Crippen molar-refractivity contribution in [1.82, 2.24) is 24.6 Å². The van der Waals surface area contributed by atoms with Crippen LogP contribution in [0.5, 0.6) is 0 Å². The summed E-state index contributed by atoms with van der Waals surface area (Å²) < 4.78 is 15.5. The first-order chi connectivity index (χ1) is 19.1. The first kappa shape index (κ1) is 25.5. The van der Waals surface area contributed by atoms with Gasteiger partial charge in [0.05, 0.1) is 16.8 Å².